The molecular formula is C21H24P+. The lowest BCUT2D eigenvalue weighted by atomic mass is 10.4. The molecule has 1 fully saturated rings. The fourth-order valence-electron chi connectivity index (χ4n) is 3.46. The highest BCUT2D eigenvalue weighted by Gasteiger charge is 2.57. The van der Waals surface area contributed by atoms with Crippen LogP contribution >= 0.6 is 7.26 Å². The van der Waals surface area contributed by atoms with Crippen molar-refractivity contribution in [3.63, 3.8) is 0 Å². The van der Waals surface area contributed by atoms with E-state index in [1.54, 1.807) is 0 Å². The van der Waals surface area contributed by atoms with E-state index in [2.05, 4.69) is 92.7 Å². The van der Waals surface area contributed by atoms with Crippen molar-refractivity contribution >= 4 is 17.9 Å². The zero-order chi connectivity index (χ0) is 15.4. The van der Waals surface area contributed by atoms with Gasteiger partial charge in [0, 0.05) is 0 Å². The van der Waals surface area contributed by atoms with Gasteiger partial charge in [0.1, 0.15) is 23.2 Å². The van der Waals surface area contributed by atoms with E-state index in [-0.39, 0.29) is 0 Å². The van der Waals surface area contributed by atoms with Crippen LogP contribution in [0, 0.1) is 0 Å². The van der Waals surface area contributed by atoms with E-state index in [1.807, 2.05) is 0 Å². The third-order valence-corrected chi connectivity index (χ3v) is 9.52. The summed E-state index contributed by atoms with van der Waals surface area (Å²) in [5, 5.41) is 4.57. The van der Waals surface area contributed by atoms with Crippen LogP contribution in [0.5, 0.6) is 0 Å². The Morgan fingerprint density at radius 2 is 1.36 bits per heavy atom. The standard InChI is InChI=1S/C21H24P/c1-3-11-18(4-2)22(21-16-17-21,19-12-7-5-8-13-19)20-14-9-6-10-15-20/h3-15,21H,16-17H2,1-2H3/q+1/b11-3-,18-4+. The Bertz CT molecular complexity index is 624. The molecule has 1 aliphatic carbocycles. The molecule has 0 N–H and O–H groups in total. The van der Waals surface area contributed by atoms with Gasteiger partial charge in [-0.15, -0.1) is 0 Å². The fraction of sp³-hybridized carbons (Fsp3) is 0.238. The first-order valence-electron chi connectivity index (χ1n) is 8.13. The van der Waals surface area contributed by atoms with Gasteiger partial charge in [-0.25, -0.2) is 0 Å². The zero-order valence-corrected chi connectivity index (χ0v) is 14.3. The molecule has 0 aromatic heterocycles. The summed E-state index contributed by atoms with van der Waals surface area (Å²) in [6, 6.07) is 22.4. The first kappa shape index (κ1) is 15.3. The molecule has 1 aliphatic rings. The van der Waals surface area contributed by atoms with Crippen molar-refractivity contribution in [2.75, 3.05) is 0 Å². The second-order valence-corrected chi connectivity index (χ2v) is 9.56. The van der Waals surface area contributed by atoms with Crippen molar-refractivity contribution in [3.05, 3.63) is 84.2 Å². The minimum Gasteiger partial charge on any atom is -0.0837 e. The van der Waals surface area contributed by atoms with Gasteiger partial charge in [-0.05, 0) is 63.1 Å². The van der Waals surface area contributed by atoms with Gasteiger partial charge >= 0.3 is 0 Å². The Kier molecular flexibility index (Phi) is 4.60. The number of benzene rings is 2. The average molecular weight is 307 g/mol. The summed E-state index contributed by atoms with van der Waals surface area (Å²) in [6.07, 6.45) is 9.58. The summed E-state index contributed by atoms with van der Waals surface area (Å²) < 4.78 is 0. The lowest BCUT2D eigenvalue weighted by Gasteiger charge is -2.28. The van der Waals surface area contributed by atoms with Gasteiger partial charge < -0.3 is 0 Å². The summed E-state index contributed by atoms with van der Waals surface area (Å²) in [6.45, 7) is 4.32. The van der Waals surface area contributed by atoms with Crippen molar-refractivity contribution in [2.45, 2.75) is 32.3 Å². The maximum Gasteiger partial charge on any atom is 0.114 e. The number of hydrogen-bond acceptors (Lipinski definition) is 0. The molecule has 112 valence electrons. The van der Waals surface area contributed by atoms with Crippen molar-refractivity contribution in [3.8, 4) is 0 Å². The largest absolute Gasteiger partial charge is 0.114 e. The zero-order valence-electron chi connectivity index (χ0n) is 13.4. The Hall–Kier alpha value is -1.65. The quantitative estimate of drug-likeness (QED) is 0.519. The molecule has 2 aromatic rings. The topological polar surface area (TPSA) is 0 Å². The summed E-state index contributed by atoms with van der Waals surface area (Å²) in [5.74, 6) is 0. The molecule has 0 bridgehead atoms. The van der Waals surface area contributed by atoms with Crippen molar-refractivity contribution < 1.29 is 0 Å². The van der Waals surface area contributed by atoms with Crippen molar-refractivity contribution in [1.82, 2.24) is 0 Å². The molecule has 0 nitrogen and oxygen atoms in total. The van der Waals surface area contributed by atoms with Crippen LogP contribution in [-0.4, -0.2) is 5.66 Å². The van der Waals surface area contributed by atoms with Gasteiger partial charge in [0.15, 0.2) is 0 Å². The van der Waals surface area contributed by atoms with Gasteiger partial charge in [-0.3, -0.25) is 0 Å². The smallest absolute Gasteiger partial charge is 0.0837 e. The van der Waals surface area contributed by atoms with Crippen LogP contribution in [0.4, 0.5) is 0 Å². The normalized spacial score (nSPS) is 16.2. The molecule has 0 heterocycles. The summed E-state index contributed by atoms with van der Waals surface area (Å²) in [7, 11) is -1.51. The molecule has 22 heavy (non-hydrogen) atoms. The van der Waals surface area contributed by atoms with Crippen molar-refractivity contribution in [1.29, 1.82) is 0 Å². The van der Waals surface area contributed by atoms with E-state index in [4.69, 9.17) is 0 Å². The van der Waals surface area contributed by atoms with Gasteiger partial charge in [0.25, 0.3) is 0 Å². The van der Waals surface area contributed by atoms with E-state index in [0.717, 1.165) is 5.66 Å². The second-order valence-electron chi connectivity index (χ2n) is 5.84. The van der Waals surface area contributed by atoms with Gasteiger partial charge in [0.05, 0.1) is 5.66 Å². The van der Waals surface area contributed by atoms with E-state index in [1.165, 1.54) is 28.8 Å². The second kappa shape index (κ2) is 6.63. The van der Waals surface area contributed by atoms with Crippen LogP contribution in [0.2, 0.25) is 0 Å². The first-order valence-corrected chi connectivity index (χ1v) is 9.99. The molecule has 1 saturated carbocycles. The van der Waals surface area contributed by atoms with Crippen LogP contribution in [0.3, 0.4) is 0 Å². The molecule has 0 saturated heterocycles. The van der Waals surface area contributed by atoms with Crippen LogP contribution in [0.15, 0.2) is 84.2 Å². The number of rotatable bonds is 5. The summed E-state index contributed by atoms with van der Waals surface area (Å²) >= 11 is 0. The Morgan fingerprint density at radius 1 is 0.864 bits per heavy atom. The maximum atomic E-state index is 2.34. The van der Waals surface area contributed by atoms with Crippen LogP contribution < -0.4 is 10.6 Å². The third-order valence-electron chi connectivity index (χ3n) is 4.46. The third kappa shape index (κ3) is 2.57. The molecule has 0 aliphatic heterocycles. The van der Waals surface area contributed by atoms with Crippen molar-refractivity contribution in [2.24, 2.45) is 0 Å². The molecule has 2 aromatic carbocycles. The molecule has 0 amide bonds. The van der Waals surface area contributed by atoms with E-state index in [9.17, 15) is 0 Å². The van der Waals surface area contributed by atoms with Crippen LogP contribution in [-0.2, 0) is 0 Å². The molecule has 1 heteroatoms. The highest BCUT2D eigenvalue weighted by molar-refractivity contribution is 7.94. The summed E-state index contributed by atoms with van der Waals surface area (Å²) in [4.78, 5) is 0. The number of allylic oxidation sites excluding steroid dienone is 4. The number of hydrogen-bond donors (Lipinski definition) is 0. The average Bonchev–Trinajstić information content (AvgIpc) is 3.42. The molecule has 0 radical (unpaired) electrons. The lowest BCUT2D eigenvalue weighted by molar-refractivity contribution is 1.45. The highest BCUT2D eigenvalue weighted by atomic mass is 31.2. The van der Waals surface area contributed by atoms with E-state index >= 15 is 0 Å². The monoisotopic (exact) mass is 307 g/mol. The van der Waals surface area contributed by atoms with E-state index in [0.29, 0.717) is 0 Å². The molecule has 3 rings (SSSR count). The molecule has 0 unspecified atom stereocenters. The van der Waals surface area contributed by atoms with Gasteiger partial charge in [0.2, 0.25) is 0 Å². The van der Waals surface area contributed by atoms with Crippen LogP contribution in [0.1, 0.15) is 26.7 Å². The Morgan fingerprint density at radius 3 is 1.73 bits per heavy atom. The first-order chi connectivity index (χ1) is 10.8. The maximum absolute atomic E-state index is 2.34. The predicted octanol–water partition coefficient (Wildman–Crippen LogP) is 5.30. The Balaban J connectivity index is 2.29. The fourth-order valence-corrected chi connectivity index (χ4v) is 8.62. The van der Waals surface area contributed by atoms with E-state index < -0.39 is 7.26 Å². The molecule has 0 atom stereocenters. The van der Waals surface area contributed by atoms with Crippen LogP contribution in [0.25, 0.3) is 0 Å². The predicted molar refractivity (Wildman–Crippen MR) is 101 cm³/mol. The Labute approximate surface area is 134 Å². The van der Waals surface area contributed by atoms with Gasteiger partial charge in [-0.2, -0.15) is 0 Å². The SMILES string of the molecule is C/C=C\C(=C/C)[P+](c1ccccc1)(c1ccccc1)C1CC1. The lowest BCUT2D eigenvalue weighted by Crippen LogP contribution is -2.26. The molecular weight excluding hydrogens is 283 g/mol. The highest BCUT2D eigenvalue weighted by Crippen LogP contribution is 2.74. The summed E-state index contributed by atoms with van der Waals surface area (Å²) in [5.41, 5.74) is 0.805. The molecule has 0 spiro atoms. The van der Waals surface area contributed by atoms with Gasteiger partial charge in [-0.1, -0.05) is 42.5 Å². The minimum atomic E-state index is -1.51. The minimum absolute atomic E-state index is 0.805.